The van der Waals surface area contributed by atoms with Gasteiger partial charge in [-0.25, -0.2) is 0 Å². The van der Waals surface area contributed by atoms with Gasteiger partial charge in [-0.15, -0.1) is 35.7 Å². The molecule has 7 heteroatoms. The highest BCUT2D eigenvalue weighted by Gasteiger charge is 2.14. The second-order valence-corrected chi connectivity index (χ2v) is 7.67. The van der Waals surface area contributed by atoms with Crippen LogP contribution in [0.25, 0.3) is 0 Å². The summed E-state index contributed by atoms with van der Waals surface area (Å²) in [4.78, 5) is 8.09. The summed E-state index contributed by atoms with van der Waals surface area (Å²) in [5, 5.41) is 6.90. The van der Waals surface area contributed by atoms with Crippen molar-refractivity contribution in [1.29, 1.82) is 0 Å². The predicted octanol–water partition coefficient (Wildman–Crippen LogP) is 4.04. The van der Waals surface area contributed by atoms with Crippen molar-refractivity contribution < 1.29 is 4.74 Å². The first-order chi connectivity index (χ1) is 13.7. The minimum Gasteiger partial charge on any atom is -0.378 e. The molecule has 0 bridgehead atoms. The second-order valence-electron chi connectivity index (χ2n) is 6.82. The topological polar surface area (TPSA) is 48.9 Å². The molecule has 1 heterocycles. The monoisotopic (exact) mass is 526 g/mol. The molecule has 0 radical (unpaired) electrons. The van der Waals surface area contributed by atoms with Gasteiger partial charge in [-0.1, -0.05) is 30.3 Å². The summed E-state index contributed by atoms with van der Waals surface area (Å²) in [5.74, 6) is 0.810. The zero-order chi connectivity index (χ0) is 19.8. The normalized spacial score (nSPS) is 14.3. The summed E-state index contributed by atoms with van der Waals surface area (Å²) in [6.07, 6.45) is 2.12. The number of morpholine rings is 1. The van der Waals surface area contributed by atoms with E-state index in [1.807, 2.05) is 7.05 Å². The molecule has 158 valence electrons. The number of guanidine groups is 1. The van der Waals surface area contributed by atoms with Crippen LogP contribution in [0.1, 0.15) is 16.7 Å². The van der Waals surface area contributed by atoms with Gasteiger partial charge in [-0.05, 0) is 42.0 Å². The maximum atomic E-state index is 5.49. The lowest BCUT2D eigenvalue weighted by Crippen LogP contribution is -2.39. The maximum Gasteiger partial charge on any atom is 0.191 e. The Hall–Kier alpha value is -1.45. The van der Waals surface area contributed by atoms with E-state index in [1.165, 1.54) is 27.3 Å². The van der Waals surface area contributed by atoms with Crippen LogP contribution >= 0.6 is 35.7 Å². The third kappa shape index (κ3) is 6.79. The Balaban J connectivity index is 0.00000300. The summed E-state index contributed by atoms with van der Waals surface area (Å²) in [6.45, 7) is 7.07. The number of rotatable bonds is 6. The number of thioether (sulfide) groups is 1. The van der Waals surface area contributed by atoms with Gasteiger partial charge in [0, 0.05) is 43.8 Å². The van der Waals surface area contributed by atoms with Crippen LogP contribution in [0.4, 0.5) is 5.69 Å². The quantitative estimate of drug-likeness (QED) is 0.258. The summed E-state index contributed by atoms with van der Waals surface area (Å²) < 4.78 is 5.49. The molecule has 0 atom stereocenters. The van der Waals surface area contributed by atoms with Crippen molar-refractivity contribution in [2.45, 2.75) is 24.9 Å². The lowest BCUT2D eigenvalue weighted by Gasteiger charge is -2.30. The van der Waals surface area contributed by atoms with Crippen molar-refractivity contribution >= 4 is 47.4 Å². The molecule has 5 nitrogen and oxygen atoms in total. The Labute approximate surface area is 195 Å². The van der Waals surface area contributed by atoms with E-state index >= 15 is 0 Å². The van der Waals surface area contributed by atoms with Crippen LogP contribution in [0.15, 0.2) is 52.4 Å². The number of aryl methyl sites for hydroxylation is 1. The van der Waals surface area contributed by atoms with Crippen LogP contribution < -0.4 is 15.5 Å². The van der Waals surface area contributed by atoms with Crippen molar-refractivity contribution in [3.63, 3.8) is 0 Å². The van der Waals surface area contributed by atoms with Crippen molar-refractivity contribution in [3.8, 4) is 0 Å². The van der Waals surface area contributed by atoms with Crippen molar-refractivity contribution in [2.24, 2.45) is 4.99 Å². The van der Waals surface area contributed by atoms with Crippen LogP contribution in [-0.2, 0) is 17.8 Å². The van der Waals surface area contributed by atoms with Gasteiger partial charge in [-0.2, -0.15) is 0 Å². The minimum atomic E-state index is 0. The molecule has 1 saturated heterocycles. The standard InChI is InChI=1S/C22H30N4OS.HI/c1-17-8-9-19(21(14-17)28-3)16-25-22(23-2)24-15-18-6-4-5-7-20(18)26-10-12-27-13-11-26;/h4-9,14H,10-13,15-16H2,1-3H3,(H2,23,24,25);1H. The predicted molar refractivity (Wildman–Crippen MR) is 135 cm³/mol. The molecule has 0 unspecified atom stereocenters. The third-order valence-electron chi connectivity index (χ3n) is 4.90. The highest BCUT2D eigenvalue weighted by molar-refractivity contribution is 14.0. The largest absolute Gasteiger partial charge is 0.378 e. The van der Waals surface area contributed by atoms with E-state index in [1.54, 1.807) is 11.8 Å². The molecule has 3 rings (SSSR count). The van der Waals surface area contributed by atoms with E-state index in [0.29, 0.717) is 0 Å². The number of ether oxygens (including phenoxy) is 1. The molecule has 0 saturated carbocycles. The summed E-state index contributed by atoms with van der Waals surface area (Å²) in [7, 11) is 1.81. The van der Waals surface area contributed by atoms with Crippen molar-refractivity contribution in [2.75, 3.05) is 44.5 Å². The fraction of sp³-hybridized carbons (Fsp3) is 0.409. The smallest absolute Gasteiger partial charge is 0.191 e. The second kappa shape index (κ2) is 12.3. The van der Waals surface area contributed by atoms with Crippen LogP contribution in [0.2, 0.25) is 0 Å². The van der Waals surface area contributed by atoms with Gasteiger partial charge in [-0.3, -0.25) is 4.99 Å². The first-order valence-corrected chi connectivity index (χ1v) is 10.9. The molecule has 29 heavy (non-hydrogen) atoms. The number of aliphatic imine (C=N–C) groups is 1. The van der Waals surface area contributed by atoms with Gasteiger partial charge in [0.15, 0.2) is 5.96 Å². The first-order valence-electron chi connectivity index (χ1n) is 9.70. The van der Waals surface area contributed by atoms with Crippen LogP contribution in [0.3, 0.4) is 0 Å². The average Bonchev–Trinajstić information content (AvgIpc) is 2.75. The summed E-state index contributed by atoms with van der Waals surface area (Å²) in [6, 6.07) is 15.1. The number of benzene rings is 2. The molecular weight excluding hydrogens is 495 g/mol. The van der Waals surface area contributed by atoms with E-state index in [4.69, 9.17) is 4.74 Å². The highest BCUT2D eigenvalue weighted by atomic mass is 127. The lowest BCUT2D eigenvalue weighted by atomic mass is 10.1. The number of nitrogens with zero attached hydrogens (tertiary/aromatic N) is 2. The van der Waals surface area contributed by atoms with Gasteiger partial charge >= 0.3 is 0 Å². The molecule has 0 amide bonds. The zero-order valence-corrected chi connectivity index (χ0v) is 20.6. The number of hydrogen-bond donors (Lipinski definition) is 2. The molecule has 2 aromatic carbocycles. The van der Waals surface area contributed by atoms with Crippen molar-refractivity contribution in [1.82, 2.24) is 10.6 Å². The molecule has 1 aliphatic heterocycles. The van der Waals surface area contributed by atoms with Gasteiger partial charge in [0.1, 0.15) is 0 Å². The van der Waals surface area contributed by atoms with Crippen LogP contribution in [-0.4, -0.2) is 45.6 Å². The fourth-order valence-electron chi connectivity index (χ4n) is 3.35. The Kier molecular flexibility index (Phi) is 10.1. The molecule has 0 aliphatic carbocycles. The first kappa shape index (κ1) is 23.8. The molecule has 2 N–H and O–H groups in total. The van der Waals surface area contributed by atoms with E-state index in [0.717, 1.165) is 45.4 Å². The zero-order valence-electron chi connectivity index (χ0n) is 17.4. The number of nitrogens with one attached hydrogen (secondary N) is 2. The van der Waals surface area contributed by atoms with E-state index in [9.17, 15) is 0 Å². The minimum absolute atomic E-state index is 0. The Bertz CT molecular complexity index is 809. The van der Waals surface area contributed by atoms with Gasteiger partial charge in [0.25, 0.3) is 0 Å². The van der Waals surface area contributed by atoms with E-state index < -0.39 is 0 Å². The summed E-state index contributed by atoms with van der Waals surface area (Å²) in [5.41, 5.74) is 5.12. The van der Waals surface area contributed by atoms with E-state index in [-0.39, 0.29) is 24.0 Å². The van der Waals surface area contributed by atoms with Gasteiger partial charge < -0.3 is 20.3 Å². The molecule has 1 fully saturated rings. The highest BCUT2D eigenvalue weighted by Crippen LogP contribution is 2.22. The number of anilines is 1. The number of halogens is 1. The molecule has 0 spiro atoms. The molecule has 2 aromatic rings. The average molecular weight is 526 g/mol. The number of para-hydroxylation sites is 1. The Morgan fingerprint density at radius 2 is 1.76 bits per heavy atom. The van der Waals surface area contributed by atoms with Crippen molar-refractivity contribution in [3.05, 3.63) is 59.2 Å². The SMILES string of the molecule is CN=C(NCc1ccc(C)cc1SC)NCc1ccccc1N1CCOCC1.I. The lowest BCUT2D eigenvalue weighted by molar-refractivity contribution is 0.122. The van der Waals surface area contributed by atoms with E-state index in [2.05, 4.69) is 76.2 Å². The fourth-order valence-corrected chi connectivity index (χ4v) is 4.06. The van der Waals surface area contributed by atoms with Crippen LogP contribution in [0.5, 0.6) is 0 Å². The molecule has 1 aliphatic rings. The molecular formula is C22H31IN4OS. The third-order valence-corrected chi connectivity index (χ3v) is 5.72. The van der Waals surface area contributed by atoms with Gasteiger partial charge in [0.2, 0.25) is 0 Å². The maximum absolute atomic E-state index is 5.49. The summed E-state index contributed by atoms with van der Waals surface area (Å²) >= 11 is 1.78. The Morgan fingerprint density at radius 1 is 1.07 bits per heavy atom. The number of hydrogen-bond acceptors (Lipinski definition) is 4. The van der Waals surface area contributed by atoms with Crippen LogP contribution in [0, 0.1) is 6.92 Å². The molecule has 0 aromatic heterocycles. The van der Waals surface area contributed by atoms with Gasteiger partial charge in [0.05, 0.1) is 13.2 Å². The Morgan fingerprint density at radius 3 is 2.45 bits per heavy atom.